The van der Waals surface area contributed by atoms with E-state index in [0.29, 0.717) is 17.5 Å². The number of benzene rings is 1. The van der Waals surface area contributed by atoms with Crippen molar-refractivity contribution < 1.29 is 14.1 Å². The van der Waals surface area contributed by atoms with Crippen molar-refractivity contribution in [3.8, 4) is 0 Å². The van der Waals surface area contributed by atoms with Gasteiger partial charge in [-0.15, -0.1) is 0 Å². The molecule has 4 nitrogen and oxygen atoms in total. The van der Waals surface area contributed by atoms with Crippen LogP contribution in [0.25, 0.3) is 0 Å². The van der Waals surface area contributed by atoms with E-state index in [4.69, 9.17) is 20.9 Å². The van der Waals surface area contributed by atoms with Gasteiger partial charge in [0.2, 0.25) is 5.91 Å². The summed E-state index contributed by atoms with van der Waals surface area (Å²) < 4.78 is 12.1. The average Bonchev–Trinajstić information content (AvgIpc) is 3.07. The quantitative estimate of drug-likeness (QED) is 0.835. The van der Waals surface area contributed by atoms with Crippen molar-refractivity contribution in [1.82, 2.24) is 5.32 Å². The zero-order valence-electron chi connectivity index (χ0n) is 15.5. The van der Waals surface area contributed by atoms with Crippen LogP contribution in [0.4, 0.5) is 0 Å². The number of carbonyl (C=O) groups is 1. The van der Waals surface area contributed by atoms with Crippen molar-refractivity contribution >= 4 is 30.1 Å². The molecule has 0 radical (unpaired) electrons. The summed E-state index contributed by atoms with van der Waals surface area (Å²) in [4.78, 5) is 12.2. The van der Waals surface area contributed by atoms with Gasteiger partial charge in [-0.2, -0.15) is 0 Å². The first kappa shape index (κ1) is 18.7. The Morgan fingerprint density at radius 2 is 1.80 bits per heavy atom. The zero-order valence-corrected chi connectivity index (χ0v) is 16.3. The first-order chi connectivity index (χ1) is 11.7. The summed E-state index contributed by atoms with van der Waals surface area (Å²) in [7, 11) is -0.441. The van der Waals surface area contributed by atoms with Gasteiger partial charge in [0.15, 0.2) is 0 Å². The Bertz CT molecular complexity index is 640. The minimum absolute atomic E-state index is 0.0391. The second-order valence-corrected chi connectivity index (χ2v) is 8.57. The van der Waals surface area contributed by atoms with Gasteiger partial charge in [-0.3, -0.25) is 4.79 Å². The number of hydrogen-bond donors (Lipinski definition) is 1. The normalized spacial score (nSPS) is 22.4. The molecule has 3 rings (SSSR count). The molecule has 1 heterocycles. The molecule has 0 unspecified atom stereocenters. The molecule has 136 valence electrons. The largest absolute Gasteiger partial charge is 0.494 e. The third-order valence-corrected chi connectivity index (χ3v) is 6.03. The summed E-state index contributed by atoms with van der Waals surface area (Å²) in [6.45, 7) is 8.10. The molecule has 2 aliphatic rings. The molecule has 1 saturated carbocycles. The number of halogens is 1. The third-order valence-electron chi connectivity index (χ3n) is 5.67. The van der Waals surface area contributed by atoms with Gasteiger partial charge in [-0.25, -0.2) is 0 Å². The smallest absolute Gasteiger partial charge is 0.399 e. The lowest BCUT2D eigenvalue weighted by molar-refractivity contribution is -0.121. The highest BCUT2D eigenvalue weighted by Gasteiger charge is 2.51. The second kappa shape index (κ2) is 6.94. The highest BCUT2D eigenvalue weighted by molar-refractivity contribution is 6.62. The van der Waals surface area contributed by atoms with Crippen LogP contribution >= 0.6 is 11.6 Å². The minimum atomic E-state index is -0.441. The van der Waals surface area contributed by atoms with E-state index in [9.17, 15) is 4.79 Å². The summed E-state index contributed by atoms with van der Waals surface area (Å²) in [5.74, 6) is 0.0391. The molecule has 25 heavy (non-hydrogen) atoms. The fourth-order valence-corrected chi connectivity index (χ4v) is 3.61. The molecule has 1 saturated heterocycles. The first-order valence-electron chi connectivity index (χ1n) is 9.11. The summed E-state index contributed by atoms with van der Waals surface area (Å²) in [6, 6.07) is 6.01. The topological polar surface area (TPSA) is 47.6 Å². The molecular weight excluding hydrogens is 336 g/mol. The maximum atomic E-state index is 12.2. The fourth-order valence-electron chi connectivity index (χ4n) is 3.35. The Balaban J connectivity index is 1.66. The number of hydrogen-bond acceptors (Lipinski definition) is 3. The van der Waals surface area contributed by atoms with Crippen LogP contribution in [0.5, 0.6) is 0 Å². The van der Waals surface area contributed by atoms with Crippen LogP contribution in [0.3, 0.4) is 0 Å². The SMILES string of the molecule is CC1(C)OB(c2ccc(CC(=O)NC3CCCC3)c(Cl)c2)OC1(C)C. The van der Waals surface area contributed by atoms with E-state index < -0.39 is 7.12 Å². The second-order valence-electron chi connectivity index (χ2n) is 8.16. The number of rotatable bonds is 4. The molecule has 1 aromatic rings. The van der Waals surface area contributed by atoms with Crippen LogP contribution in [-0.2, 0) is 20.5 Å². The molecule has 6 heteroatoms. The number of amides is 1. The molecule has 1 aliphatic heterocycles. The molecule has 0 bridgehead atoms. The van der Waals surface area contributed by atoms with E-state index in [1.165, 1.54) is 12.8 Å². The minimum Gasteiger partial charge on any atom is -0.399 e. The molecule has 0 spiro atoms. The van der Waals surface area contributed by atoms with Crippen LogP contribution < -0.4 is 10.8 Å². The lowest BCUT2D eigenvalue weighted by atomic mass is 9.78. The van der Waals surface area contributed by atoms with E-state index in [-0.39, 0.29) is 17.1 Å². The highest BCUT2D eigenvalue weighted by atomic mass is 35.5. The molecule has 0 aromatic heterocycles. The van der Waals surface area contributed by atoms with Crippen molar-refractivity contribution in [2.45, 2.75) is 77.0 Å². The molecular formula is C19H27BClNO3. The van der Waals surface area contributed by atoms with E-state index in [2.05, 4.69) is 5.32 Å². The van der Waals surface area contributed by atoms with Gasteiger partial charge in [-0.1, -0.05) is 36.6 Å². The van der Waals surface area contributed by atoms with E-state index in [1.54, 1.807) is 0 Å². The first-order valence-corrected chi connectivity index (χ1v) is 9.49. The van der Waals surface area contributed by atoms with Crippen LogP contribution in [0, 0.1) is 0 Å². The van der Waals surface area contributed by atoms with Crippen LogP contribution in [0.15, 0.2) is 18.2 Å². The maximum Gasteiger partial charge on any atom is 0.494 e. The molecule has 1 amide bonds. The van der Waals surface area contributed by atoms with Gasteiger partial charge >= 0.3 is 7.12 Å². The van der Waals surface area contributed by atoms with Crippen LogP contribution in [-0.4, -0.2) is 30.3 Å². The van der Waals surface area contributed by atoms with E-state index >= 15 is 0 Å². The molecule has 1 aromatic carbocycles. The van der Waals surface area contributed by atoms with Crippen molar-refractivity contribution in [2.24, 2.45) is 0 Å². The fraction of sp³-hybridized carbons (Fsp3) is 0.632. The highest BCUT2D eigenvalue weighted by Crippen LogP contribution is 2.36. The summed E-state index contributed by atoms with van der Waals surface area (Å²) in [6.07, 6.45) is 4.88. The Hall–Kier alpha value is -1.04. The molecule has 1 N–H and O–H groups in total. The number of carbonyl (C=O) groups excluding carboxylic acids is 1. The van der Waals surface area contributed by atoms with Gasteiger partial charge in [0, 0.05) is 11.1 Å². The monoisotopic (exact) mass is 363 g/mol. The Morgan fingerprint density at radius 1 is 1.20 bits per heavy atom. The molecule has 0 atom stereocenters. The summed E-state index contributed by atoms with van der Waals surface area (Å²) >= 11 is 6.42. The van der Waals surface area contributed by atoms with E-state index in [0.717, 1.165) is 23.9 Å². The van der Waals surface area contributed by atoms with Crippen molar-refractivity contribution in [3.63, 3.8) is 0 Å². The Morgan fingerprint density at radius 3 is 2.36 bits per heavy atom. The Labute approximate surface area is 155 Å². The molecule has 2 fully saturated rings. The predicted molar refractivity (Wildman–Crippen MR) is 101 cm³/mol. The summed E-state index contributed by atoms with van der Waals surface area (Å²) in [5, 5.41) is 3.68. The van der Waals surface area contributed by atoms with Crippen LogP contribution in [0.2, 0.25) is 5.02 Å². The zero-order chi connectivity index (χ0) is 18.2. The van der Waals surface area contributed by atoms with Gasteiger partial charge in [0.05, 0.1) is 17.6 Å². The maximum absolute atomic E-state index is 12.2. The average molecular weight is 364 g/mol. The number of nitrogens with one attached hydrogen (secondary N) is 1. The lowest BCUT2D eigenvalue weighted by Gasteiger charge is -2.32. The summed E-state index contributed by atoms with van der Waals surface area (Å²) in [5.41, 5.74) is 0.939. The standard InChI is InChI=1S/C19H27BClNO3/c1-18(2)19(3,4)25-20(24-18)14-10-9-13(16(21)12-14)11-17(23)22-15-7-5-6-8-15/h9-10,12,15H,5-8,11H2,1-4H3,(H,22,23). The van der Waals surface area contributed by atoms with Gasteiger partial charge in [0.1, 0.15) is 0 Å². The van der Waals surface area contributed by atoms with Crippen LogP contribution in [0.1, 0.15) is 58.9 Å². The van der Waals surface area contributed by atoms with Crippen molar-refractivity contribution in [1.29, 1.82) is 0 Å². The van der Waals surface area contributed by atoms with Crippen molar-refractivity contribution in [3.05, 3.63) is 28.8 Å². The third kappa shape index (κ3) is 4.04. The molecule has 1 aliphatic carbocycles. The Kier molecular flexibility index (Phi) is 5.20. The van der Waals surface area contributed by atoms with E-state index in [1.807, 2.05) is 45.9 Å². The lowest BCUT2D eigenvalue weighted by Crippen LogP contribution is -2.41. The van der Waals surface area contributed by atoms with Gasteiger partial charge in [-0.05, 0) is 57.6 Å². The van der Waals surface area contributed by atoms with Crippen molar-refractivity contribution in [2.75, 3.05) is 0 Å². The predicted octanol–water partition coefficient (Wildman–Crippen LogP) is 3.24. The van der Waals surface area contributed by atoms with Gasteiger partial charge in [0.25, 0.3) is 0 Å². The van der Waals surface area contributed by atoms with Gasteiger partial charge < -0.3 is 14.6 Å².